The Morgan fingerprint density at radius 3 is 2.67 bits per heavy atom. The topological polar surface area (TPSA) is 41.6 Å². The summed E-state index contributed by atoms with van der Waals surface area (Å²) in [6.07, 6.45) is 3.09. The summed E-state index contributed by atoms with van der Waals surface area (Å²) in [4.78, 5) is 4.66. The summed E-state index contributed by atoms with van der Waals surface area (Å²) in [7, 11) is 2.04. The number of aromatic nitrogens is 2. The molecule has 0 amide bonds. The molecule has 3 rings (SSSR count). The van der Waals surface area contributed by atoms with E-state index < -0.39 is 0 Å². The molecule has 0 radical (unpaired) electrons. The third-order valence-electron chi connectivity index (χ3n) is 3.81. The average Bonchev–Trinajstić information content (AvgIpc) is 2.84. The molecule has 0 saturated heterocycles. The Morgan fingerprint density at radius 2 is 1.90 bits per heavy atom. The van der Waals surface area contributed by atoms with Gasteiger partial charge in [0.05, 0.1) is 22.7 Å². The molecule has 2 aromatic carbocycles. The maximum absolute atomic E-state index is 8.96. The Kier molecular flexibility index (Phi) is 3.70. The van der Waals surface area contributed by atoms with Crippen LogP contribution in [0, 0.1) is 11.3 Å². The predicted molar refractivity (Wildman–Crippen MR) is 83.9 cm³/mol. The Hall–Kier alpha value is -2.60. The number of fused-ring (bicyclic) bond motifs is 1. The van der Waals surface area contributed by atoms with Crippen LogP contribution in [0.1, 0.15) is 23.4 Å². The minimum Gasteiger partial charge on any atom is -0.331 e. The quantitative estimate of drug-likeness (QED) is 0.729. The van der Waals surface area contributed by atoms with Gasteiger partial charge in [0, 0.05) is 13.5 Å². The van der Waals surface area contributed by atoms with Crippen LogP contribution in [0.3, 0.4) is 0 Å². The van der Waals surface area contributed by atoms with Crippen molar-refractivity contribution in [3.8, 4) is 6.07 Å². The number of benzene rings is 2. The normalized spacial score (nSPS) is 10.7. The lowest BCUT2D eigenvalue weighted by molar-refractivity contribution is 0.733. The molecular formula is C18H17N3. The number of nitrogens with zero attached hydrogens (tertiary/aromatic N) is 3. The average molecular weight is 275 g/mol. The lowest BCUT2D eigenvalue weighted by Gasteiger charge is -2.03. The zero-order chi connectivity index (χ0) is 14.7. The predicted octanol–water partition coefficient (Wildman–Crippen LogP) is 3.62. The zero-order valence-electron chi connectivity index (χ0n) is 12.1. The standard InChI is InChI=1S/C18H17N3/c1-21-17-11-10-15(13-19)12-16(17)20-18(21)9-5-8-14-6-3-2-4-7-14/h2-4,6-7,10-12H,5,8-9H2,1H3. The number of nitriles is 1. The number of hydrogen-bond acceptors (Lipinski definition) is 2. The molecule has 1 aromatic heterocycles. The largest absolute Gasteiger partial charge is 0.331 e. The van der Waals surface area contributed by atoms with Crippen LogP contribution in [-0.2, 0) is 19.9 Å². The van der Waals surface area contributed by atoms with E-state index in [1.54, 1.807) is 0 Å². The molecule has 0 fully saturated rings. The first kappa shape index (κ1) is 13.4. The molecular weight excluding hydrogens is 258 g/mol. The summed E-state index contributed by atoms with van der Waals surface area (Å²) in [5.41, 5.74) is 4.02. The third-order valence-corrected chi connectivity index (χ3v) is 3.81. The Morgan fingerprint density at radius 1 is 1.10 bits per heavy atom. The van der Waals surface area contributed by atoms with E-state index in [0.29, 0.717) is 5.56 Å². The highest BCUT2D eigenvalue weighted by molar-refractivity contribution is 5.77. The van der Waals surface area contributed by atoms with Gasteiger partial charge in [-0.15, -0.1) is 0 Å². The van der Waals surface area contributed by atoms with Crippen LogP contribution in [0.5, 0.6) is 0 Å². The van der Waals surface area contributed by atoms with Gasteiger partial charge in [0.25, 0.3) is 0 Å². The van der Waals surface area contributed by atoms with Gasteiger partial charge >= 0.3 is 0 Å². The van der Waals surface area contributed by atoms with Crippen molar-refractivity contribution in [3.63, 3.8) is 0 Å². The van der Waals surface area contributed by atoms with Crippen LogP contribution in [0.2, 0.25) is 0 Å². The minimum atomic E-state index is 0.663. The molecule has 0 saturated carbocycles. The van der Waals surface area contributed by atoms with Crippen molar-refractivity contribution in [1.82, 2.24) is 9.55 Å². The maximum atomic E-state index is 8.96. The fourth-order valence-electron chi connectivity index (χ4n) is 2.64. The van der Waals surface area contributed by atoms with Gasteiger partial charge in [0.15, 0.2) is 0 Å². The second kappa shape index (κ2) is 5.80. The maximum Gasteiger partial charge on any atom is 0.109 e. The fraction of sp³-hybridized carbons (Fsp3) is 0.222. The molecule has 0 spiro atoms. The van der Waals surface area contributed by atoms with Crippen LogP contribution in [0.25, 0.3) is 11.0 Å². The van der Waals surface area contributed by atoms with E-state index in [2.05, 4.69) is 39.9 Å². The fourth-order valence-corrected chi connectivity index (χ4v) is 2.64. The summed E-state index contributed by atoms with van der Waals surface area (Å²) >= 11 is 0. The van der Waals surface area contributed by atoms with Crippen molar-refractivity contribution >= 4 is 11.0 Å². The van der Waals surface area contributed by atoms with Gasteiger partial charge in [-0.1, -0.05) is 30.3 Å². The molecule has 0 atom stereocenters. The smallest absolute Gasteiger partial charge is 0.109 e. The number of aryl methyl sites for hydroxylation is 3. The summed E-state index contributed by atoms with van der Waals surface area (Å²) in [5, 5.41) is 8.96. The van der Waals surface area contributed by atoms with Crippen molar-refractivity contribution < 1.29 is 0 Å². The SMILES string of the molecule is Cn1c(CCCc2ccccc2)nc2cc(C#N)ccc21. The van der Waals surface area contributed by atoms with Gasteiger partial charge in [-0.2, -0.15) is 5.26 Å². The summed E-state index contributed by atoms with van der Waals surface area (Å²) in [6, 6.07) is 18.4. The van der Waals surface area contributed by atoms with Gasteiger partial charge in [0.2, 0.25) is 0 Å². The second-order valence-electron chi connectivity index (χ2n) is 5.24. The van der Waals surface area contributed by atoms with Gasteiger partial charge in [-0.25, -0.2) is 4.98 Å². The molecule has 3 aromatic rings. The highest BCUT2D eigenvalue weighted by Gasteiger charge is 2.08. The third kappa shape index (κ3) is 2.80. The monoisotopic (exact) mass is 275 g/mol. The Balaban J connectivity index is 1.75. The van der Waals surface area contributed by atoms with Crippen molar-refractivity contribution in [2.75, 3.05) is 0 Å². The number of rotatable bonds is 4. The molecule has 104 valence electrons. The molecule has 3 nitrogen and oxygen atoms in total. The molecule has 21 heavy (non-hydrogen) atoms. The second-order valence-corrected chi connectivity index (χ2v) is 5.24. The molecule has 3 heteroatoms. The van der Waals surface area contributed by atoms with Gasteiger partial charge in [-0.3, -0.25) is 0 Å². The molecule has 1 heterocycles. The first-order valence-electron chi connectivity index (χ1n) is 7.17. The highest BCUT2D eigenvalue weighted by atomic mass is 15.1. The van der Waals surface area contributed by atoms with E-state index in [1.165, 1.54) is 5.56 Å². The first-order valence-corrected chi connectivity index (χ1v) is 7.17. The summed E-state index contributed by atoms with van der Waals surface area (Å²) in [5.74, 6) is 1.08. The van der Waals surface area contributed by atoms with Gasteiger partial charge in [-0.05, 0) is 36.6 Å². The molecule has 0 aliphatic heterocycles. The van der Waals surface area contributed by atoms with E-state index in [9.17, 15) is 0 Å². The molecule has 0 bridgehead atoms. The van der Waals surface area contributed by atoms with Gasteiger partial charge < -0.3 is 4.57 Å². The van der Waals surface area contributed by atoms with Crippen LogP contribution >= 0.6 is 0 Å². The molecule has 0 unspecified atom stereocenters. The lowest BCUT2D eigenvalue weighted by atomic mass is 10.1. The Bertz CT molecular complexity index is 794. The van der Waals surface area contributed by atoms with E-state index in [1.807, 2.05) is 31.3 Å². The van der Waals surface area contributed by atoms with Crippen molar-refractivity contribution in [2.45, 2.75) is 19.3 Å². The molecule has 0 N–H and O–H groups in total. The van der Waals surface area contributed by atoms with Crippen molar-refractivity contribution in [1.29, 1.82) is 5.26 Å². The summed E-state index contributed by atoms with van der Waals surface area (Å²) in [6.45, 7) is 0. The molecule has 0 aliphatic carbocycles. The van der Waals surface area contributed by atoms with Crippen LogP contribution < -0.4 is 0 Å². The van der Waals surface area contributed by atoms with E-state index >= 15 is 0 Å². The van der Waals surface area contributed by atoms with Gasteiger partial charge in [0.1, 0.15) is 5.82 Å². The van der Waals surface area contributed by atoms with Crippen molar-refractivity contribution in [2.24, 2.45) is 7.05 Å². The Labute approximate surface area is 124 Å². The zero-order valence-corrected chi connectivity index (χ0v) is 12.1. The highest BCUT2D eigenvalue weighted by Crippen LogP contribution is 2.18. The minimum absolute atomic E-state index is 0.663. The number of hydrogen-bond donors (Lipinski definition) is 0. The lowest BCUT2D eigenvalue weighted by Crippen LogP contribution is -1.99. The van der Waals surface area contributed by atoms with Crippen LogP contribution in [0.4, 0.5) is 0 Å². The van der Waals surface area contributed by atoms with Crippen LogP contribution in [-0.4, -0.2) is 9.55 Å². The van der Waals surface area contributed by atoms with E-state index in [-0.39, 0.29) is 0 Å². The van der Waals surface area contributed by atoms with Crippen molar-refractivity contribution in [3.05, 3.63) is 65.5 Å². The summed E-state index contributed by atoms with van der Waals surface area (Å²) < 4.78 is 2.13. The van der Waals surface area contributed by atoms with E-state index in [4.69, 9.17) is 5.26 Å². The van der Waals surface area contributed by atoms with E-state index in [0.717, 1.165) is 36.1 Å². The number of imidazole rings is 1. The first-order chi connectivity index (χ1) is 10.3. The van der Waals surface area contributed by atoms with Crippen LogP contribution in [0.15, 0.2) is 48.5 Å². The molecule has 0 aliphatic rings.